The zero-order valence-electron chi connectivity index (χ0n) is 13.5. The van der Waals surface area contributed by atoms with Crippen LogP contribution < -0.4 is 4.74 Å². The van der Waals surface area contributed by atoms with Crippen LogP contribution in [-0.2, 0) is 0 Å². The molecule has 1 amide bonds. The molecule has 0 N–H and O–H groups in total. The first-order chi connectivity index (χ1) is 11.7. The average Bonchev–Trinajstić information content (AvgIpc) is 2.63. The molecule has 126 valence electrons. The number of hydrogen-bond acceptors (Lipinski definition) is 3. The van der Waals surface area contributed by atoms with Crippen molar-refractivity contribution in [2.75, 3.05) is 39.3 Å². The van der Waals surface area contributed by atoms with Crippen molar-refractivity contribution in [3.8, 4) is 5.75 Å². The van der Waals surface area contributed by atoms with E-state index in [2.05, 4.69) is 20.8 Å². The molecule has 3 rings (SSSR count). The van der Waals surface area contributed by atoms with Gasteiger partial charge in [0.1, 0.15) is 12.4 Å². The third kappa shape index (κ3) is 4.36. The highest BCUT2D eigenvalue weighted by Gasteiger charge is 2.23. The maximum atomic E-state index is 12.6. The van der Waals surface area contributed by atoms with E-state index in [0.717, 1.165) is 48.5 Å². The second-order valence-electron chi connectivity index (χ2n) is 5.78. The first-order valence-corrected chi connectivity index (χ1v) is 8.97. The van der Waals surface area contributed by atoms with Gasteiger partial charge in [0.25, 0.3) is 5.91 Å². The fourth-order valence-electron chi connectivity index (χ4n) is 2.79. The Balaban J connectivity index is 1.44. The van der Waals surface area contributed by atoms with Gasteiger partial charge in [-0.2, -0.15) is 0 Å². The van der Waals surface area contributed by atoms with Gasteiger partial charge in [-0.3, -0.25) is 9.69 Å². The Kier molecular flexibility index (Phi) is 5.88. The monoisotopic (exact) mass is 388 g/mol. The smallest absolute Gasteiger partial charge is 0.255 e. The van der Waals surface area contributed by atoms with E-state index in [9.17, 15) is 4.79 Å². The molecule has 5 heteroatoms. The molecular formula is C19H21BrN2O2. The lowest BCUT2D eigenvalue weighted by Gasteiger charge is -2.34. The van der Waals surface area contributed by atoms with Gasteiger partial charge in [0.15, 0.2) is 0 Å². The molecule has 1 fully saturated rings. The lowest BCUT2D eigenvalue weighted by Crippen LogP contribution is -2.49. The molecule has 0 spiro atoms. The molecule has 0 aliphatic carbocycles. The van der Waals surface area contributed by atoms with Crippen molar-refractivity contribution in [1.29, 1.82) is 0 Å². The van der Waals surface area contributed by atoms with Crippen molar-refractivity contribution in [3.05, 3.63) is 64.6 Å². The van der Waals surface area contributed by atoms with Crippen molar-refractivity contribution in [2.45, 2.75) is 0 Å². The van der Waals surface area contributed by atoms with E-state index in [-0.39, 0.29) is 5.91 Å². The van der Waals surface area contributed by atoms with Gasteiger partial charge in [-0.25, -0.2) is 0 Å². The van der Waals surface area contributed by atoms with E-state index >= 15 is 0 Å². The van der Waals surface area contributed by atoms with Crippen molar-refractivity contribution in [3.63, 3.8) is 0 Å². The molecule has 24 heavy (non-hydrogen) atoms. The van der Waals surface area contributed by atoms with Crippen LogP contribution in [0.5, 0.6) is 5.75 Å². The Morgan fingerprint density at radius 3 is 2.33 bits per heavy atom. The van der Waals surface area contributed by atoms with E-state index < -0.39 is 0 Å². The van der Waals surface area contributed by atoms with E-state index in [1.807, 2.05) is 59.5 Å². The molecule has 2 aromatic carbocycles. The summed E-state index contributed by atoms with van der Waals surface area (Å²) in [7, 11) is 0. The Bertz CT molecular complexity index is 670. The number of para-hydroxylation sites is 1. The van der Waals surface area contributed by atoms with Gasteiger partial charge < -0.3 is 9.64 Å². The summed E-state index contributed by atoms with van der Waals surface area (Å²) in [5.74, 6) is 1.00. The Morgan fingerprint density at radius 1 is 0.958 bits per heavy atom. The van der Waals surface area contributed by atoms with Crippen LogP contribution in [0.2, 0.25) is 0 Å². The number of ether oxygens (including phenoxy) is 1. The first-order valence-electron chi connectivity index (χ1n) is 8.18. The van der Waals surface area contributed by atoms with Crippen LogP contribution in [0, 0.1) is 0 Å². The molecule has 1 aliphatic rings. The number of hydrogen-bond donors (Lipinski definition) is 0. The van der Waals surface area contributed by atoms with Gasteiger partial charge in [-0.1, -0.05) is 30.3 Å². The third-order valence-corrected chi connectivity index (χ3v) is 4.87. The van der Waals surface area contributed by atoms with E-state index in [4.69, 9.17) is 4.74 Å². The Morgan fingerprint density at radius 2 is 1.62 bits per heavy atom. The van der Waals surface area contributed by atoms with Gasteiger partial charge in [-0.15, -0.1) is 0 Å². The molecule has 1 aliphatic heterocycles. The lowest BCUT2D eigenvalue weighted by atomic mass is 10.2. The fraction of sp³-hybridized carbons (Fsp3) is 0.316. The Labute approximate surface area is 151 Å². The van der Waals surface area contributed by atoms with Crippen molar-refractivity contribution in [1.82, 2.24) is 9.80 Å². The van der Waals surface area contributed by atoms with Crippen LogP contribution in [0.4, 0.5) is 0 Å². The standard InChI is InChI=1S/C19H21BrN2O2/c20-18-9-5-4-8-17(18)19(23)22-12-10-21(11-13-22)14-15-24-16-6-2-1-3-7-16/h1-9H,10-15H2. The summed E-state index contributed by atoms with van der Waals surface area (Å²) >= 11 is 3.46. The maximum Gasteiger partial charge on any atom is 0.255 e. The normalized spacial score (nSPS) is 15.3. The van der Waals surface area contributed by atoms with Gasteiger partial charge >= 0.3 is 0 Å². The molecule has 0 bridgehead atoms. The number of rotatable bonds is 5. The summed E-state index contributed by atoms with van der Waals surface area (Å²) in [6.45, 7) is 4.83. The van der Waals surface area contributed by atoms with E-state index in [1.165, 1.54) is 0 Å². The molecule has 0 atom stereocenters. The number of piperazine rings is 1. The van der Waals surface area contributed by atoms with Crippen LogP contribution in [0.1, 0.15) is 10.4 Å². The zero-order valence-corrected chi connectivity index (χ0v) is 15.1. The number of carbonyl (C=O) groups excluding carboxylic acids is 1. The maximum absolute atomic E-state index is 12.6. The molecule has 1 saturated heterocycles. The SMILES string of the molecule is O=C(c1ccccc1Br)N1CCN(CCOc2ccccc2)CC1. The number of carbonyl (C=O) groups is 1. The predicted molar refractivity (Wildman–Crippen MR) is 98.4 cm³/mol. The highest BCUT2D eigenvalue weighted by atomic mass is 79.9. The summed E-state index contributed by atoms with van der Waals surface area (Å²) in [4.78, 5) is 16.8. The molecular weight excluding hydrogens is 368 g/mol. The summed E-state index contributed by atoms with van der Waals surface area (Å²) in [5.41, 5.74) is 0.735. The van der Waals surface area contributed by atoms with Gasteiger partial charge in [0.05, 0.1) is 5.56 Å². The van der Waals surface area contributed by atoms with Crippen molar-refractivity contribution < 1.29 is 9.53 Å². The summed E-state index contributed by atoms with van der Waals surface area (Å²) in [5, 5.41) is 0. The topological polar surface area (TPSA) is 32.8 Å². The molecule has 2 aromatic rings. The van der Waals surface area contributed by atoms with Crippen LogP contribution in [-0.4, -0.2) is 55.0 Å². The molecule has 1 heterocycles. The van der Waals surface area contributed by atoms with Crippen LogP contribution in [0.25, 0.3) is 0 Å². The molecule has 0 aromatic heterocycles. The Hall–Kier alpha value is -1.85. The minimum absolute atomic E-state index is 0.0997. The molecule has 0 unspecified atom stereocenters. The van der Waals surface area contributed by atoms with Crippen LogP contribution in [0.3, 0.4) is 0 Å². The first kappa shape index (κ1) is 17.0. The minimum Gasteiger partial charge on any atom is -0.492 e. The third-order valence-electron chi connectivity index (χ3n) is 4.18. The fourth-order valence-corrected chi connectivity index (χ4v) is 3.24. The minimum atomic E-state index is 0.0997. The zero-order chi connectivity index (χ0) is 16.8. The van der Waals surface area contributed by atoms with Crippen molar-refractivity contribution >= 4 is 21.8 Å². The second kappa shape index (κ2) is 8.31. The van der Waals surface area contributed by atoms with Gasteiger partial charge in [-0.05, 0) is 40.2 Å². The van der Waals surface area contributed by atoms with Gasteiger partial charge in [0.2, 0.25) is 0 Å². The summed E-state index contributed by atoms with van der Waals surface area (Å²) in [6, 6.07) is 17.5. The predicted octanol–water partition coefficient (Wildman–Crippen LogP) is 3.29. The lowest BCUT2D eigenvalue weighted by molar-refractivity contribution is 0.0619. The van der Waals surface area contributed by atoms with E-state index in [1.54, 1.807) is 0 Å². The summed E-state index contributed by atoms with van der Waals surface area (Å²) in [6.07, 6.45) is 0. The highest BCUT2D eigenvalue weighted by Crippen LogP contribution is 2.18. The summed E-state index contributed by atoms with van der Waals surface area (Å²) < 4.78 is 6.59. The van der Waals surface area contributed by atoms with Crippen molar-refractivity contribution in [2.24, 2.45) is 0 Å². The van der Waals surface area contributed by atoms with Crippen LogP contribution in [0.15, 0.2) is 59.1 Å². The number of nitrogens with zero attached hydrogens (tertiary/aromatic N) is 2. The molecule has 0 radical (unpaired) electrons. The van der Waals surface area contributed by atoms with Gasteiger partial charge in [0, 0.05) is 37.2 Å². The quantitative estimate of drug-likeness (QED) is 0.787. The average molecular weight is 389 g/mol. The second-order valence-corrected chi connectivity index (χ2v) is 6.63. The largest absolute Gasteiger partial charge is 0.492 e. The van der Waals surface area contributed by atoms with Crippen LogP contribution >= 0.6 is 15.9 Å². The molecule has 0 saturated carbocycles. The number of benzene rings is 2. The number of halogens is 1. The number of amides is 1. The molecule has 4 nitrogen and oxygen atoms in total. The highest BCUT2D eigenvalue weighted by molar-refractivity contribution is 9.10. The van der Waals surface area contributed by atoms with E-state index in [0.29, 0.717) is 6.61 Å².